The molecule has 0 amide bonds. The number of benzene rings is 3. The minimum absolute atomic E-state index is 0.0666. The summed E-state index contributed by atoms with van der Waals surface area (Å²) in [7, 11) is 4.11. The van der Waals surface area contributed by atoms with Gasteiger partial charge in [-0.25, -0.2) is 5.01 Å². The number of halogens is 1. The molecule has 3 aromatic rings. The molecule has 4 nitrogen and oxygen atoms in total. The van der Waals surface area contributed by atoms with E-state index in [9.17, 15) is 0 Å². The number of nitrogens with zero attached hydrogens (tertiary/aromatic N) is 3. The summed E-state index contributed by atoms with van der Waals surface area (Å²) in [5.41, 5.74) is 5.83. The molecule has 1 heterocycles. The maximum Gasteiger partial charge on any atom is 0.190 e. The first-order valence-corrected chi connectivity index (χ1v) is 11.9. The van der Waals surface area contributed by atoms with Gasteiger partial charge in [-0.2, -0.15) is 5.10 Å². The van der Waals surface area contributed by atoms with E-state index in [0.29, 0.717) is 5.11 Å². The minimum Gasteiger partial charge on any atom is -0.378 e. The molecule has 3 aromatic carbocycles. The number of hydrazone groups is 1. The largest absolute Gasteiger partial charge is 0.378 e. The Hall–Kier alpha value is -2.70. The predicted molar refractivity (Wildman–Crippen MR) is 141 cm³/mol. The third-order valence-electron chi connectivity index (χ3n) is 5.60. The number of rotatable bonds is 6. The van der Waals surface area contributed by atoms with Gasteiger partial charge in [0.15, 0.2) is 5.11 Å². The van der Waals surface area contributed by atoms with Crippen molar-refractivity contribution in [1.82, 2.24) is 10.3 Å². The van der Waals surface area contributed by atoms with Crippen LogP contribution in [0, 0.1) is 0 Å². The van der Waals surface area contributed by atoms with Crippen molar-refractivity contribution in [3.05, 3.63) is 100 Å². The van der Waals surface area contributed by atoms with Crippen LogP contribution < -0.4 is 10.2 Å². The Balaban J connectivity index is 1.54. The molecule has 1 aliphatic rings. The molecule has 0 aliphatic carbocycles. The van der Waals surface area contributed by atoms with E-state index in [1.807, 2.05) is 23.2 Å². The molecule has 0 radical (unpaired) electrons. The molecule has 0 fully saturated rings. The zero-order valence-corrected chi connectivity index (χ0v) is 20.7. The van der Waals surface area contributed by atoms with Gasteiger partial charge < -0.3 is 10.2 Å². The average Bonchev–Trinajstić information content (AvgIpc) is 3.25. The van der Waals surface area contributed by atoms with Gasteiger partial charge in [-0.05, 0) is 59.6 Å². The van der Waals surface area contributed by atoms with Crippen LogP contribution in [-0.4, -0.2) is 36.5 Å². The van der Waals surface area contributed by atoms with E-state index in [1.54, 1.807) is 0 Å². The Morgan fingerprint density at radius 2 is 1.81 bits per heavy atom. The highest BCUT2D eigenvalue weighted by molar-refractivity contribution is 9.10. The summed E-state index contributed by atoms with van der Waals surface area (Å²) in [5.74, 6) is 0. The van der Waals surface area contributed by atoms with Gasteiger partial charge >= 0.3 is 0 Å². The smallest absolute Gasteiger partial charge is 0.190 e. The zero-order chi connectivity index (χ0) is 22.5. The van der Waals surface area contributed by atoms with E-state index in [1.165, 1.54) is 16.8 Å². The first-order chi connectivity index (χ1) is 15.5. The first kappa shape index (κ1) is 22.5. The molecule has 1 atom stereocenters. The topological polar surface area (TPSA) is 30.9 Å². The summed E-state index contributed by atoms with van der Waals surface area (Å²) < 4.78 is 1.05. The maximum atomic E-state index is 5.79. The molecule has 0 aromatic heterocycles. The predicted octanol–water partition coefficient (Wildman–Crippen LogP) is 5.78. The van der Waals surface area contributed by atoms with Crippen molar-refractivity contribution in [2.45, 2.75) is 18.9 Å². The van der Waals surface area contributed by atoms with E-state index in [4.69, 9.17) is 17.3 Å². The summed E-state index contributed by atoms with van der Waals surface area (Å²) in [6.07, 6.45) is 1.72. The molecule has 1 N–H and O–H groups in total. The van der Waals surface area contributed by atoms with Crippen LogP contribution in [0.4, 0.5) is 5.69 Å². The molecule has 32 heavy (non-hydrogen) atoms. The number of hydrogen-bond donors (Lipinski definition) is 1. The van der Waals surface area contributed by atoms with Crippen LogP contribution in [-0.2, 0) is 6.42 Å². The van der Waals surface area contributed by atoms with Crippen molar-refractivity contribution in [2.75, 3.05) is 25.5 Å². The molecule has 0 saturated carbocycles. The molecular weight excluding hydrogens is 480 g/mol. The van der Waals surface area contributed by atoms with Crippen LogP contribution in [0.1, 0.15) is 29.2 Å². The molecule has 164 valence electrons. The molecule has 4 rings (SSSR count). The van der Waals surface area contributed by atoms with Crippen LogP contribution in [0.3, 0.4) is 0 Å². The normalized spacial score (nSPS) is 15.4. The number of hydrogen-bond acceptors (Lipinski definition) is 3. The molecule has 0 unspecified atom stereocenters. The van der Waals surface area contributed by atoms with E-state index in [2.05, 4.69) is 101 Å². The molecule has 0 bridgehead atoms. The average molecular weight is 508 g/mol. The fourth-order valence-corrected chi connectivity index (χ4v) is 4.50. The van der Waals surface area contributed by atoms with Crippen molar-refractivity contribution in [1.29, 1.82) is 0 Å². The number of anilines is 1. The third-order valence-corrected chi connectivity index (χ3v) is 6.43. The van der Waals surface area contributed by atoms with Crippen LogP contribution in [0.2, 0.25) is 0 Å². The minimum atomic E-state index is 0.0666. The van der Waals surface area contributed by atoms with Crippen LogP contribution in [0.15, 0.2) is 88.4 Å². The van der Waals surface area contributed by atoms with Gasteiger partial charge in [-0.1, -0.05) is 70.5 Å². The fourth-order valence-electron chi connectivity index (χ4n) is 3.83. The summed E-state index contributed by atoms with van der Waals surface area (Å²) in [6, 6.07) is 27.5. The maximum absolute atomic E-state index is 5.79. The van der Waals surface area contributed by atoms with Crippen molar-refractivity contribution in [2.24, 2.45) is 5.10 Å². The summed E-state index contributed by atoms with van der Waals surface area (Å²) in [4.78, 5) is 2.11. The first-order valence-electron chi connectivity index (χ1n) is 10.7. The van der Waals surface area contributed by atoms with Gasteiger partial charge in [0.2, 0.25) is 0 Å². The van der Waals surface area contributed by atoms with Gasteiger partial charge in [0.25, 0.3) is 0 Å². The van der Waals surface area contributed by atoms with Crippen molar-refractivity contribution in [3.63, 3.8) is 0 Å². The molecule has 6 heteroatoms. The van der Waals surface area contributed by atoms with Gasteiger partial charge in [0.05, 0.1) is 11.8 Å². The summed E-state index contributed by atoms with van der Waals surface area (Å²) >= 11 is 9.37. The monoisotopic (exact) mass is 506 g/mol. The van der Waals surface area contributed by atoms with Crippen molar-refractivity contribution < 1.29 is 0 Å². The highest BCUT2D eigenvalue weighted by Crippen LogP contribution is 2.34. The van der Waals surface area contributed by atoms with E-state index in [-0.39, 0.29) is 6.04 Å². The number of nitrogens with one attached hydrogen (secondary N) is 1. The van der Waals surface area contributed by atoms with Gasteiger partial charge in [0, 0.05) is 37.2 Å². The van der Waals surface area contributed by atoms with Gasteiger partial charge in [-0.15, -0.1) is 0 Å². The van der Waals surface area contributed by atoms with Crippen molar-refractivity contribution >= 4 is 44.7 Å². The van der Waals surface area contributed by atoms with Gasteiger partial charge in [-0.3, -0.25) is 0 Å². The Bertz CT molecular complexity index is 1100. The highest BCUT2D eigenvalue weighted by atomic mass is 79.9. The van der Waals surface area contributed by atoms with Gasteiger partial charge in [0.1, 0.15) is 0 Å². The molecule has 1 aliphatic heterocycles. The lowest BCUT2D eigenvalue weighted by Gasteiger charge is -2.25. The molecule has 0 saturated heterocycles. The second-order valence-corrected chi connectivity index (χ2v) is 9.38. The number of thiocarbonyl (C=S) groups is 1. The fraction of sp³-hybridized carbons (Fsp3) is 0.231. The third kappa shape index (κ3) is 5.37. The van der Waals surface area contributed by atoms with E-state index >= 15 is 0 Å². The van der Waals surface area contributed by atoms with Crippen molar-refractivity contribution in [3.8, 4) is 0 Å². The van der Waals surface area contributed by atoms with E-state index < -0.39 is 0 Å². The standard InChI is InChI=1S/C26H27BrN4S/c1-30(2)23-13-11-20(12-14-23)25-18-24(21-9-6-10-22(27)17-21)29-31(25)26(32)28-16-15-19-7-4-3-5-8-19/h3-14,17,25H,15-16,18H2,1-2H3,(H,28,32)/t25-/m1/s1. The second kappa shape index (κ2) is 10.3. The Kier molecular flexibility index (Phi) is 7.22. The second-order valence-electron chi connectivity index (χ2n) is 8.08. The van der Waals surface area contributed by atoms with Crippen LogP contribution >= 0.6 is 28.1 Å². The molecular formula is C26H27BrN4S. The van der Waals surface area contributed by atoms with Crippen LogP contribution in [0.25, 0.3) is 0 Å². The Morgan fingerprint density at radius 3 is 2.50 bits per heavy atom. The zero-order valence-electron chi connectivity index (χ0n) is 18.3. The quantitative estimate of drug-likeness (QED) is 0.429. The summed E-state index contributed by atoms with van der Waals surface area (Å²) in [6.45, 7) is 0.771. The highest BCUT2D eigenvalue weighted by Gasteiger charge is 2.31. The lowest BCUT2D eigenvalue weighted by molar-refractivity contribution is 0.364. The van der Waals surface area contributed by atoms with Crippen LogP contribution in [0.5, 0.6) is 0 Å². The summed E-state index contributed by atoms with van der Waals surface area (Å²) in [5, 5.41) is 11.0. The Labute approximate surface area is 204 Å². The van der Waals surface area contributed by atoms with E-state index in [0.717, 1.165) is 35.1 Å². The lowest BCUT2D eigenvalue weighted by Crippen LogP contribution is -2.37. The lowest BCUT2D eigenvalue weighted by atomic mass is 9.98. The Morgan fingerprint density at radius 1 is 1.06 bits per heavy atom. The SMILES string of the molecule is CN(C)c1ccc([C@H]2CC(c3cccc(Br)c3)=NN2C(=S)NCCc2ccccc2)cc1. The molecule has 0 spiro atoms.